The van der Waals surface area contributed by atoms with Gasteiger partial charge in [-0.3, -0.25) is 4.79 Å². The van der Waals surface area contributed by atoms with E-state index >= 15 is 0 Å². The first-order chi connectivity index (χ1) is 7.73. The minimum absolute atomic E-state index is 0. The highest BCUT2D eigenvalue weighted by atomic mass is 27.0. The number of ether oxygens (including phenoxy) is 3. The lowest BCUT2D eigenvalue weighted by molar-refractivity contribution is -0.270. The molecule has 0 heterocycles. The van der Waals surface area contributed by atoms with Gasteiger partial charge in [0, 0.05) is 13.3 Å². The average molecular weight is 276 g/mol. The molecule has 5 nitrogen and oxygen atoms in total. The quantitative estimate of drug-likeness (QED) is 0.311. The highest BCUT2D eigenvalue weighted by Crippen LogP contribution is 2.24. The van der Waals surface area contributed by atoms with Gasteiger partial charge in [-0.15, -0.1) is 0 Å². The van der Waals surface area contributed by atoms with Crippen molar-refractivity contribution in [2.75, 3.05) is 0 Å². The summed E-state index contributed by atoms with van der Waals surface area (Å²) in [6, 6.07) is 0. The lowest BCUT2D eigenvalue weighted by Gasteiger charge is -2.33. The minimum atomic E-state index is -1.51. The fraction of sp³-hybridized carbons (Fsp3) is 0.833. The van der Waals surface area contributed by atoms with Crippen molar-refractivity contribution in [1.82, 2.24) is 0 Å². The van der Waals surface area contributed by atoms with E-state index in [0.717, 1.165) is 0 Å². The molecule has 0 aliphatic heterocycles. The summed E-state index contributed by atoms with van der Waals surface area (Å²) in [5.74, 6) is -2.98. The van der Waals surface area contributed by atoms with Gasteiger partial charge in [0.2, 0.25) is 0 Å². The van der Waals surface area contributed by atoms with Crippen molar-refractivity contribution in [3.8, 4) is 0 Å². The third-order valence-corrected chi connectivity index (χ3v) is 1.87. The van der Waals surface area contributed by atoms with Crippen molar-refractivity contribution in [3.63, 3.8) is 0 Å². The second-order valence-electron chi connectivity index (χ2n) is 4.32. The van der Waals surface area contributed by atoms with E-state index in [1.54, 1.807) is 34.6 Å². The summed E-state index contributed by atoms with van der Waals surface area (Å²) in [5.41, 5.74) is 0. The lowest BCUT2D eigenvalue weighted by atomic mass is 10.2. The van der Waals surface area contributed by atoms with Gasteiger partial charge in [0.1, 0.15) is 0 Å². The fourth-order valence-electron chi connectivity index (χ4n) is 1.40. The highest BCUT2D eigenvalue weighted by Gasteiger charge is 2.43. The van der Waals surface area contributed by atoms with Crippen LogP contribution in [-0.4, -0.2) is 47.3 Å². The molecule has 0 N–H and O–H groups in total. The van der Waals surface area contributed by atoms with Crippen molar-refractivity contribution < 1.29 is 23.8 Å². The van der Waals surface area contributed by atoms with Gasteiger partial charge >= 0.3 is 11.9 Å². The Hall–Kier alpha value is -0.408. The monoisotopic (exact) mass is 276 g/mol. The van der Waals surface area contributed by atoms with E-state index < -0.39 is 17.7 Å². The van der Waals surface area contributed by atoms with Crippen LogP contribution in [0, 0.1) is 0 Å². The van der Waals surface area contributed by atoms with Crippen molar-refractivity contribution in [2.45, 2.75) is 66.0 Å². The van der Waals surface area contributed by atoms with Crippen LogP contribution < -0.4 is 0 Å². The zero-order chi connectivity index (χ0) is 13.6. The van der Waals surface area contributed by atoms with E-state index in [-0.39, 0.29) is 36.0 Å². The summed E-state index contributed by atoms with van der Waals surface area (Å²) >= 11 is 0. The lowest BCUT2D eigenvalue weighted by Crippen LogP contribution is -2.48. The van der Waals surface area contributed by atoms with Crippen LogP contribution in [0.2, 0.25) is 0 Å². The molecule has 0 atom stereocenters. The smallest absolute Gasteiger partial charge is 0.374 e. The molecule has 0 aromatic carbocycles. The van der Waals surface area contributed by atoms with Gasteiger partial charge in [-0.05, 0) is 27.7 Å². The second-order valence-corrected chi connectivity index (χ2v) is 4.32. The fourth-order valence-corrected chi connectivity index (χ4v) is 1.40. The first-order valence-corrected chi connectivity index (χ1v) is 5.82. The summed E-state index contributed by atoms with van der Waals surface area (Å²) < 4.78 is 15.6. The van der Waals surface area contributed by atoms with Crippen LogP contribution in [-0.2, 0) is 23.8 Å². The summed E-state index contributed by atoms with van der Waals surface area (Å²) in [7, 11) is 0. The van der Waals surface area contributed by atoms with Crippen LogP contribution in [0.15, 0.2) is 0 Å². The van der Waals surface area contributed by atoms with Gasteiger partial charge in [-0.25, -0.2) is 4.79 Å². The maximum absolute atomic E-state index is 11.9. The van der Waals surface area contributed by atoms with Crippen molar-refractivity contribution in [3.05, 3.63) is 0 Å². The van der Waals surface area contributed by atoms with Gasteiger partial charge in [-0.1, -0.05) is 6.92 Å². The third kappa shape index (κ3) is 6.50. The highest BCUT2D eigenvalue weighted by molar-refractivity contribution is 5.88. The molecule has 0 rings (SSSR count). The number of carbonyl (C=O) groups is 2. The number of esters is 2. The molecule has 0 bridgehead atoms. The first kappa shape index (κ1) is 19.9. The van der Waals surface area contributed by atoms with E-state index in [4.69, 9.17) is 9.47 Å². The van der Waals surface area contributed by atoms with Gasteiger partial charge in [0.05, 0.1) is 12.2 Å². The number of hydrogen-bond donors (Lipinski definition) is 0. The summed E-state index contributed by atoms with van der Waals surface area (Å²) in [5, 5.41) is 0. The van der Waals surface area contributed by atoms with Crippen molar-refractivity contribution >= 4 is 29.3 Å². The van der Waals surface area contributed by atoms with Crippen LogP contribution in [0.3, 0.4) is 0 Å². The Kier molecular flexibility index (Phi) is 9.58. The Morgan fingerprint density at radius 1 is 1.06 bits per heavy atom. The molecule has 18 heavy (non-hydrogen) atoms. The van der Waals surface area contributed by atoms with E-state index in [9.17, 15) is 9.59 Å². The Morgan fingerprint density at radius 2 is 1.44 bits per heavy atom. The Bertz CT molecular complexity index is 266. The maximum atomic E-state index is 11.9. The largest absolute Gasteiger partial charge is 0.389 e. The molecule has 0 fully saturated rings. The number of rotatable bonds is 6. The zero-order valence-corrected chi connectivity index (χ0v) is 11.4. The normalized spacial score (nSPS) is 11.3. The predicted octanol–water partition coefficient (Wildman–Crippen LogP) is 0.848. The Labute approximate surface area is 119 Å². The maximum Gasteiger partial charge on any atom is 0.374 e. The van der Waals surface area contributed by atoms with Crippen LogP contribution in [0.4, 0.5) is 0 Å². The first-order valence-electron chi connectivity index (χ1n) is 5.82. The summed E-state index contributed by atoms with van der Waals surface area (Å²) in [4.78, 5) is 22.7. The van der Waals surface area contributed by atoms with Crippen LogP contribution >= 0.6 is 0 Å². The summed E-state index contributed by atoms with van der Waals surface area (Å²) in [6.07, 6.45) is -0.156. The molecule has 0 saturated heterocycles. The van der Waals surface area contributed by atoms with E-state index in [2.05, 4.69) is 4.74 Å². The molecular formula is C12H25AlO5. The van der Waals surface area contributed by atoms with Gasteiger partial charge in [0.25, 0.3) is 5.79 Å². The van der Waals surface area contributed by atoms with E-state index in [0.29, 0.717) is 0 Å². The molecular weight excluding hydrogens is 251 g/mol. The molecule has 0 saturated carbocycles. The molecule has 0 aromatic rings. The number of carbonyl (C=O) groups excluding carboxylic acids is 2. The SMILES string of the molecule is CCC(OC(C)C)(OC(C)C)C(=O)OC(C)=O.[AlH3]. The molecule has 106 valence electrons. The molecule has 0 amide bonds. The summed E-state index contributed by atoms with van der Waals surface area (Å²) in [6.45, 7) is 10.1. The van der Waals surface area contributed by atoms with Gasteiger partial charge < -0.3 is 14.2 Å². The van der Waals surface area contributed by atoms with Gasteiger partial charge in [0.15, 0.2) is 17.4 Å². The second kappa shape index (κ2) is 8.65. The molecule has 0 aromatic heterocycles. The van der Waals surface area contributed by atoms with E-state index in [1.807, 2.05) is 0 Å². The topological polar surface area (TPSA) is 61.8 Å². The molecule has 0 spiro atoms. The minimum Gasteiger partial charge on any atom is -0.389 e. The molecule has 0 radical (unpaired) electrons. The van der Waals surface area contributed by atoms with Crippen molar-refractivity contribution in [2.24, 2.45) is 0 Å². The predicted molar refractivity (Wildman–Crippen MR) is 72.2 cm³/mol. The van der Waals surface area contributed by atoms with Crippen LogP contribution in [0.25, 0.3) is 0 Å². The average Bonchev–Trinajstić information content (AvgIpc) is 2.13. The van der Waals surface area contributed by atoms with Crippen LogP contribution in [0.5, 0.6) is 0 Å². The Morgan fingerprint density at radius 3 is 1.67 bits per heavy atom. The molecule has 0 aliphatic rings. The van der Waals surface area contributed by atoms with Crippen molar-refractivity contribution in [1.29, 1.82) is 0 Å². The standard InChI is InChI=1S/C12H22O5.Al.3H/c1-7-12(16-8(2)3,17-9(4)5)11(14)15-10(6)13;;;;/h8-9H,7H2,1-6H3;;;;. The molecule has 6 heteroatoms. The van der Waals surface area contributed by atoms with Crippen LogP contribution in [0.1, 0.15) is 48.0 Å². The molecule has 0 aliphatic carbocycles. The third-order valence-electron chi connectivity index (χ3n) is 1.87. The Balaban J connectivity index is 0. The number of hydrogen-bond acceptors (Lipinski definition) is 5. The van der Waals surface area contributed by atoms with E-state index in [1.165, 1.54) is 6.92 Å². The zero-order valence-electron chi connectivity index (χ0n) is 11.4. The molecule has 0 unspecified atom stereocenters. The van der Waals surface area contributed by atoms with Gasteiger partial charge in [-0.2, -0.15) is 0 Å².